The average Bonchev–Trinajstić information content (AvgIpc) is 2.87. The summed E-state index contributed by atoms with van der Waals surface area (Å²) in [4.78, 5) is 22.7. The number of anilines is 4. The van der Waals surface area contributed by atoms with Crippen LogP contribution in [-0.4, -0.2) is 62.9 Å². The number of primary amides is 1. The number of amides is 1. The van der Waals surface area contributed by atoms with Crippen LogP contribution in [0.15, 0.2) is 60.8 Å². The molecular formula is C24H29N7O4S. The molecular weight excluding hydrogens is 482 g/mol. The predicted octanol–water partition coefficient (Wildman–Crippen LogP) is 1.69. The molecule has 1 unspecified atom stereocenters. The van der Waals surface area contributed by atoms with Gasteiger partial charge in [-0.25, -0.2) is 18.1 Å². The van der Waals surface area contributed by atoms with Gasteiger partial charge in [-0.2, -0.15) is 4.98 Å². The maximum atomic E-state index is 11.8. The molecule has 1 aromatic heterocycles. The topological polar surface area (TPSA) is 152 Å². The highest BCUT2D eigenvalue weighted by Gasteiger charge is 2.22. The van der Waals surface area contributed by atoms with Crippen molar-refractivity contribution >= 4 is 39.1 Å². The molecule has 1 fully saturated rings. The van der Waals surface area contributed by atoms with Crippen LogP contribution >= 0.6 is 0 Å². The SMILES string of the molecule is CS(=O)(=O)NCC1CN(c2ccc(Nc3ncc(C(N)=O)c(NCc4ccccc4)n3)cc2)CCO1. The smallest absolute Gasteiger partial charge is 0.254 e. The molecule has 3 aromatic rings. The zero-order valence-corrected chi connectivity index (χ0v) is 20.7. The molecule has 0 aliphatic carbocycles. The van der Waals surface area contributed by atoms with Crippen LogP contribution in [0.4, 0.5) is 23.1 Å². The molecule has 1 aliphatic heterocycles. The van der Waals surface area contributed by atoms with E-state index in [2.05, 4.69) is 30.2 Å². The van der Waals surface area contributed by atoms with Crippen LogP contribution in [0.2, 0.25) is 0 Å². The van der Waals surface area contributed by atoms with E-state index in [0.717, 1.165) is 23.2 Å². The first-order chi connectivity index (χ1) is 17.3. The van der Waals surface area contributed by atoms with E-state index < -0.39 is 15.9 Å². The first-order valence-electron chi connectivity index (χ1n) is 11.4. The molecule has 1 aliphatic rings. The maximum Gasteiger partial charge on any atom is 0.254 e. The third-order valence-corrected chi connectivity index (χ3v) is 6.25. The van der Waals surface area contributed by atoms with Crippen molar-refractivity contribution in [3.63, 3.8) is 0 Å². The third-order valence-electron chi connectivity index (χ3n) is 5.56. The Bertz CT molecular complexity index is 1290. The lowest BCUT2D eigenvalue weighted by Crippen LogP contribution is -2.47. The van der Waals surface area contributed by atoms with Gasteiger partial charge in [0.05, 0.1) is 24.5 Å². The van der Waals surface area contributed by atoms with E-state index in [1.807, 2.05) is 54.6 Å². The first-order valence-corrected chi connectivity index (χ1v) is 13.3. The molecule has 2 aromatic carbocycles. The highest BCUT2D eigenvalue weighted by Crippen LogP contribution is 2.23. The number of nitrogens with zero attached hydrogens (tertiary/aromatic N) is 3. The molecule has 5 N–H and O–H groups in total. The number of morpholine rings is 1. The Morgan fingerprint density at radius 2 is 1.92 bits per heavy atom. The Labute approximate surface area is 210 Å². The molecule has 1 saturated heterocycles. The molecule has 11 nitrogen and oxygen atoms in total. The monoisotopic (exact) mass is 511 g/mol. The van der Waals surface area contributed by atoms with E-state index in [9.17, 15) is 13.2 Å². The zero-order valence-electron chi connectivity index (χ0n) is 19.8. The summed E-state index contributed by atoms with van der Waals surface area (Å²) in [7, 11) is -3.27. The van der Waals surface area contributed by atoms with Gasteiger partial charge in [-0.1, -0.05) is 30.3 Å². The maximum absolute atomic E-state index is 11.8. The van der Waals surface area contributed by atoms with Crippen LogP contribution in [0.5, 0.6) is 0 Å². The summed E-state index contributed by atoms with van der Waals surface area (Å²) in [6, 6.07) is 17.5. The Morgan fingerprint density at radius 3 is 2.61 bits per heavy atom. The predicted molar refractivity (Wildman–Crippen MR) is 139 cm³/mol. The number of ether oxygens (including phenoxy) is 1. The molecule has 0 spiro atoms. The van der Waals surface area contributed by atoms with Crippen LogP contribution in [0, 0.1) is 0 Å². The van der Waals surface area contributed by atoms with Crippen molar-refractivity contribution in [3.8, 4) is 0 Å². The molecule has 12 heteroatoms. The van der Waals surface area contributed by atoms with Crippen molar-refractivity contribution in [3.05, 3.63) is 71.9 Å². The van der Waals surface area contributed by atoms with Crippen molar-refractivity contribution < 1.29 is 17.9 Å². The van der Waals surface area contributed by atoms with E-state index in [-0.39, 0.29) is 18.2 Å². The molecule has 1 amide bonds. The number of rotatable bonds is 10. The molecule has 0 bridgehead atoms. The second-order valence-corrected chi connectivity index (χ2v) is 10.2. The normalized spacial score (nSPS) is 15.9. The first kappa shape index (κ1) is 25.4. The lowest BCUT2D eigenvalue weighted by molar-refractivity contribution is 0.0443. The van der Waals surface area contributed by atoms with E-state index in [0.29, 0.717) is 38.0 Å². The van der Waals surface area contributed by atoms with Gasteiger partial charge in [0.15, 0.2) is 0 Å². The van der Waals surface area contributed by atoms with Gasteiger partial charge in [-0.15, -0.1) is 0 Å². The molecule has 0 saturated carbocycles. The van der Waals surface area contributed by atoms with E-state index in [1.165, 1.54) is 6.20 Å². The van der Waals surface area contributed by atoms with Crippen molar-refractivity contribution in [1.29, 1.82) is 0 Å². The van der Waals surface area contributed by atoms with Gasteiger partial charge in [0.2, 0.25) is 16.0 Å². The van der Waals surface area contributed by atoms with Gasteiger partial charge in [-0.05, 0) is 29.8 Å². The van der Waals surface area contributed by atoms with Crippen molar-refractivity contribution in [2.75, 3.05) is 48.0 Å². The number of nitrogens with two attached hydrogens (primary N) is 1. The zero-order chi connectivity index (χ0) is 25.5. The molecule has 4 rings (SSSR count). The number of benzene rings is 2. The number of hydrogen-bond donors (Lipinski definition) is 4. The van der Waals surface area contributed by atoms with Crippen LogP contribution < -0.4 is 26.0 Å². The van der Waals surface area contributed by atoms with Crippen molar-refractivity contribution in [2.45, 2.75) is 12.6 Å². The summed E-state index contributed by atoms with van der Waals surface area (Å²) in [5.41, 5.74) is 8.50. The lowest BCUT2D eigenvalue weighted by atomic mass is 10.2. The molecule has 36 heavy (non-hydrogen) atoms. The van der Waals surface area contributed by atoms with Crippen LogP contribution in [-0.2, 0) is 21.3 Å². The number of sulfonamides is 1. The molecule has 1 atom stereocenters. The summed E-state index contributed by atoms with van der Waals surface area (Å²) in [5, 5.41) is 6.31. The van der Waals surface area contributed by atoms with Gasteiger partial charge in [0.25, 0.3) is 5.91 Å². The number of carbonyl (C=O) groups excluding carboxylic acids is 1. The van der Waals surface area contributed by atoms with Gasteiger partial charge in [-0.3, -0.25) is 4.79 Å². The van der Waals surface area contributed by atoms with Crippen LogP contribution in [0.3, 0.4) is 0 Å². The van der Waals surface area contributed by atoms with Crippen LogP contribution in [0.1, 0.15) is 15.9 Å². The largest absolute Gasteiger partial charge is 0.373 e. The summed E-state index contributed by atoms with van der Waals surface area (Å²) in [6.45, 7) is 2.50. The Kier molecular flexibility index (Phi) is 7.98. The summed E-state index contributed by atoms with van der Waals surface area (Å²) in [6.07, 6.45) is 2.30. The summed E-state index contributed by atoms with van der Waals surface area (Å²) < 4.78 is 30.9. The lowest BCUT2D eigenvalue weighted by Gasteiger charge is -2.34. The minimum Gasteiger partial charge on any atom is -0.373 e. The minimum atomic E-state index is -3.27. The fourth-order valence-electron chi connectivity index (χ4n) is 3.75. The second-order valence-electron chi connectivity index (χ2n) is 8.39. The van der Waals surface area contributed by atoms with Crippen LogP contribution in [0.25, 0.3) is 0 Å². The number of aromatic nitrogens is 2. The quantitative estimate of drug-likeness (QED) is 0.319. The van der Waals surface area contributed by atoms with Crippen molar-refractivity contribution in [1.82, 2.24) is 14.7 Å². The molecule has 2 heterocycles. The van der Waals surface area contributed by atoms with Gasteiger partial charge >= 0.3 is 0 Å². The highest BCUT2D eigenvalue weighted by atomic mass is 32.2. The average molecular weight is 512 g/mol. The standard InChI is InChI=1S/C24H29N7O4S/c1-36(33,34)28-14-20-16-31(11-12-35-20)19-9-7-18(8-10-19)29-24-27-15-21(22(25)32)23(30-24)26-13-17-5-3-2-4-6-17/h2-10,15,20,28H,11-14,16H2,1H3,(H2,25,32)(H2,26,27,29,30). The van der Waals surface area contributed by atoms with E-state index in [1.54, 1.807) is 0 Å². The van der Waals surface area contributed by atoms with Gasteiger partial charge in [0.1, 0.15) is 5.82 Å². The Morgan fingerprint density at radius 1 is 1.17 bits per heavy atom. The number of nitrogens with one attached hydrogen (secondary N) is 3. The Balaban J connectivity index is 1.41. The summed E-state index contributed by atoms with van der Waals surface area (Å²) in [5.74, 6) is 0.0566. The highest BCUT2D eigenvalue weighted by molar-refractivity contribution is 7.88. The molecule has 190 valence electrons. The fraction of sp³-hybridized carbons (Fsp3) is 0.292. The van der Waals surface area contributed by atoms with Gasteiger partial charge < -0.3 is 26.0 Å². The summed E-state index contributed by atoms with van der Waals surface area (Å²) >= 11 is 0. The number of carbonyl (C=O) groups is 1. The van der Waals surface area contributed by atoms with E-state index >= 15 is 0 Å². The Hall–Kier alpha value is -3.74. The van der Waals surface area contributed by atoms with Crippen molar-refractivity contribution in [2.24, 2.45) is 5.73 Å². The fourth-order valence-corrected chi connectivity index (χ4v) is 4.23. The molecule has 0 radical (unpaired) electrons. The number of hydrogen-bond acceptors (Lipinski definition) is 9. The minimum absolute atomic E-state index is 0.207. The second kappa shape index (κ2) is 11.3. The van der Waals surface area contributed by atoms with E-state index in [4.69, 9.17) is 10.5 Å². The van der Waals surface area contributed by atoms with Gasteiger partial charge in [0, 0.05) is 43.8 Å². The third kappa shape index (κ3) is 7.13.